The zero-order valence-electron chi connectivity index (χ0n) is 15.8. The molecule has 3 N–H and O–H groups in total. The Balaban J connectivity index is 1.56. The molecule has 2 aromatic rings. The van der Waals surface area contributed by atoms with E-state index in [0.29, 0.717) is 25.1 Å². The average molecular weight is 387 g/mol. The highest BCUT2D eigenvalue weighted by Gasteiger charge is 2.28. The van der Waals surface area contributed by atoms with Gasteiger partial charge in [-0.05, 0) is 43.8 Å². The van der Waals surface area contributed by atoms with Gasteiger partial charge in [-0.15, -0.1) is 0 Å². The number of amides is 1. The van der Waals surface area contributed by atoms with Crippen molar-refractivity contribution in [3.05, 3.63) is 47.3 Å². The van der Waals surface area contributed by atoms with Crippen molar-refractivity contribution in [1.82, 2.24) is 15.8 Å². The second-order valence-electron chi connectivity index (χ2n) is 7.00. The van der Waals surface area contributed by atoms with Crippen LogP contribution in [0.2, 0.25) is 0 Å². The molecule has 150 valence electrons. The molecule has 2 heterocycles. The lowest BCUT2D eigenvalue weighted by Crippen LogP contribution is -2.40. The van der Waals surface area contributed by atoms with E-state index in [4.69, 9.17) is 14.4 Å². The van der Waals surface area contributed by atoms with Gasteiger partial charge in [-0.25, -0.2) is 4.79 Å². The molecule has 1 aliphatic heterocycles. The highest BCUT2D eigenvalue weighted by Crippen LogP contribution is 2.26. The van der Waals surface area contributed by atoms with Crippen molar-refractivity contribution in [3.8, 4) is 5.75 Å². The summed E-state index contributed by atoms with van der Waals surface area (Å²) in [5.74, 6) is -0.156. The first-order valence-corrected chi connectivity index (χ1v) is 9.35. The maximum atomic E-state index is 12.5. The van der Waals surface area contributed by atoms with Crippen LogP contribution in [0.3, 0.4) is 0 Å². The number of methoxy groups -OCH3 is 1. The lowest BCUT2D eigenvalue weighted by atomic mass is 9.81. The second kappa shape index (κ2) is 9.36. The van der Waals surface area contributed by atoms with Gasteiger partial charge in [0, 0.05) is 24.6 Å². The van der Waals surface area contributed by atoms with Crippen LogP contribution in [0.15, 0.2) is 34.9 Å². The average Bonchev–Trinajstić information content (AvgIpc) is 3.17. The van der Waals surface area contributed by atoms with Crippen LogP contribution in [-0.4, -0.2) is 42.3 Å². The van der Waals surface area contributed by atoms with Gasteiger partial charge < -0.3 is 25.0 Å². The van der Waals surface area contributed by atoms with E-state index in [-0.39, 0.29) is 23.5 Å². The van der Waals surface area contributed by atoms with E-state index in [1.165, 1.54) is 6.07 Å². The largest absolute Gasteiger partial charge is 0.496 e. The Hall–Kier alpha value is -2.87. The van der Waals surface area contributed by atoms with Crippen LogP contribution >= 0.6 is 0 Å². The van der Waals surface area contributed by atoms with E-state index >= 15 is 0 Å². The molecule has 8 heteroatoms. The monoisotopic (exact) mass is 387 g/mol. The number of ether oxygens (including phenoxy) is 1. The van der Waals surface area contributed by atoms with Gasteiger partial charge in [0.25, 0.3) is 0 Å². The topological polar surface area (TPSA) is 114 Å². The molecule has 0 bridgehead atoms. The Morgan fingerprint density at radius 3 is 2.93 bits per heavy atom. The molecular formula is C20H25N3O5. The summed E-state index contributed by atoms with van der Waals surface area (Å²) >= 11 is 0. The van der Waals surface area contributed by atoms with Crippen LogP contribution in [0.5, 0.6) is 5.75 Å². The molecule has 2 atom stereocenters. The van der Waals surface area contributed by atoms with E-state index in [1.54, 1.807) is 7.11 Å². The maximum Gasteiger partial charge on any atom is 0.374 e. The molecule has 8 nitrogen and oxygen atoms in total. The Morgan fingerprint density at radius 2 is 2.18 bits per heavy atom. The molecule has 1 aromatic carbocycles. The Labute approximate surface area is 163 Å². The number of nitrogens with zero attached hydrogens (tertiary/aromatic N) is 1. The Morgan fingerprint density at radius 1 is 1.36 bits per heavy atom. The Bertz CT molecular complexity index is 820. The summed E-state index contributed by atoms with van der Waals surface area (Å²) in [7, 11) is 1.61. The number of carbonyl (C=O) groups is 2. The fraction of sp³-hybridized carbons (Fsp3) is 0.450. The minimum absolute atomic E-state index is 0.00539. The highest BCUT2D eigenvalue weighted by molar-refractivity contribution is 5.84. The third-order valence-corrected chi connectivity index (χ3v) is 5.12. The molecular weight excluding hydrogens is 362 g/mol. The van der Waals surface area contributed by atoms with Crippen LogP contribution in [0.25, 0.3) is 0 Å². The normalized spacial score (nSPS) is 19.2. The number of nitrogens with one attached hydrogen (secondary N) is 2. The van der Waals surface area contributed by atoms with Crippen molar-refractivity contribution in [2.75, 3.05) is 20.2 Å². The van der Waals surface area contributed by atoms with Gasteiger partial charge in [-0.1, -0.05) is 23.4 Å². The first-order valence-electron chi connectivity index (χ1n) is 9.35. The molecule has 0 spiro atoms. The summed E-state index contributed by atoms with van der Waals surface area (Å²) in [5.41, 5.74) is 1.54. The van der Waals surface area contributed by atoms with Crippen LogP contribution in [0, 0.1) is 11.8 Å². The third-order valence-electron chi connectivity index (χ3n) is 5.12. The van der Waals surface area contributed by atoms with E-state index in [9.17, 15) is 9.59 Å². The number of hydrogen-bond donors (Lipinski definition) is 3. The smallest absolute Gasteiger partial charge is 0.374 e. The van der Waals surface area contributed by atoms with Crippen molar-refractivity contribution in [2.45, 2.75) is 25.8 Å². The number of aromatic carboxylic acids is 1. The lowest BCUT2D eigenvalue weighted by Gasteiger charge is -2.31. The number of hydrogen-bond acceptors (Lipinski definition) is 6. The predicted molar refractivity (Wildman–Crippen MR) is 101 cm³/mol. The quantitative estimate of drug-likeness (QED) is 0.633. The van der Waals surface area contributed by atoms with Gasteiger partial charge in [0.1, 0.15) is 5.75 Å². The van der Waals surface area contributed by atoms with Crippen molar-refractivity contribution in [1.29, 1.82) is 0 Å². The molecule has 0 radical (unpaired) electrons. The molecule has 1 amide bonds. The number of carbonyl (C=O) groups excluding carboxylic acids is 1. The van der Waals surface area contributed by atoms with E-state index in [1.807, 2.05) is 24.3 Å². The van der Waals surface area contributed by atoms with Crippen molar-refractivity contribution in [2.24, 2.45) is 11.8 Å². The van der Waals surface area contributed by atoms with Crippen molar-refractivity contribution >= 4 is 11.9 Å². The van der Waals surface area contributed by atoms with Crippen molar-refractivity contribution in [3.63, 3.8) is 0 Å². The number of aromatic nitrogens is 1. The summed E-state index contributed by atoms with van der Waals surface area (Å²) in [4.78, 5) is 23.4. The predicted octanol–water partition coefficient (Wildman–Crippen LogP) is 1.86. The van der Waals surface area contributed by atoms with Gasteiger partial charge in [0.15, 0.2) is 0 Å². The highest BCUT2D eigenvalue weighted by atomic mass is 16.5. The lowest BCUT2D eigenvalue weighted by molar-refractivity contribution is -0.122. The fourth-order valence-corrected chi connectivity index (χ4v) is 3.62. The first-order chi connectivity index (χ1) is 13.6. The van der Waals surface area contributed by atoms with E-state index in [2.05, 4.69) is 15.8 Å². The van der Waals surface area contributed by atoms with E-state index < -0.39 is 5.97 Å². The van der Waals surface area contributed by atoms with Gasteiger partial charge in [-0.2, -0.15) is 0 Å². The minimum Gasteiger partial charge on any atom is -0.496 e. The number of carboxylic acid groups (broad SMARTS) is 1. The van der Waals surface area contributed by atoms with Crippen molar-refractivity contribution < 1.29 is 24.0 Å². The van der Waals surface area contributed by atoms with Gasteiger partial charge in [-0.3, -0.25) is 4.79 Å². The Kier molecular flexibility index (Phi) is 6.65. The summed E-state index contributed by atoms with van der Waals surface area (Å²) in [5, 5.41) is 19.1. The summed E-state index contributed by atoms with van der Waals surface area (Å²) in [6.07, 6.45) is 1.88. The molecule has 3 rings (SSSR count). The maximum absolute atomic E-state index is 12.5. The number of para-hydroxylation sites is 1. The molecule has 1 fully saturated rings. The van der Waals surface area contributed by atoms with Gasteiger partial charge >= 0.3 is 5.97 Å². The molecule has 1 aliphatic rings. The van der Waals surface area contributed by atoms with Crippen LogP contribution in [0.4, 0.5) is 0 Å². The first kappa shape index (κ1) is 19.9. The molecule has 0 aliphatic carbocycles. The SMILES string of the molecule is COc1ccccc1CNC(=O)C[C@H]1CCNC[C@@H]1Cc1cc(C(=O)O)on1. The zero-order chi connectivity index (χ0) is 19.9. The number of benzene rings is 1. The zero-order valence-corrected chi connectivity index (χ0v) is 15.8. The summed E-state index contributed by atoms with van der Waals surface area (Å²) < 4.78 is 10.1. The third kappa shape index (κ3) is 5.10. The summed E-state index contributed by atoms with van der Waals surface area (Å²) in [6.45, 7) is 2.05. The molecule has 28 heavy (non-hydrogen) atoms. The number of rotatable bonds is 8. The molecule has 0 unspecified atom stereocenters. The number of piperidine rings is 1. The second-order valence-corrected chi connectivity index (χ2v) is 7.00. The molecule has 1 aromatic heterocycles. The van der Waals surface area contributed by atoms with Crippen LogP contribution < -0.4 is 15.4 Å². The summed E-state index contributed by atoms with van der Waals surface area (Å²) in [6, 6.07) is 9.06. The van der Waals surface area contributed by atoms with Gasteiger partial charge in [0.2, 0.25) is 11.7 Å². The van der Waals surface area contributed by atoms with E-state index in [0.717, 1.165) is 30.8 Å². The number of carboxylic acids is 1. The minimum atomic E-state index is -1.13. The van der Waals surface area contributed by atoms with Crippen LogP contribution in [-0.2, 0) is 17.8 Å². The molecule has 0 saturated carbocycles. The molecule has 1 saturated heterocycles. The van der Waals surface area contributed by atoms with Gasteiger partial charge in [0.05, 0.1) is 12.8 Å². The van der Waals surface area contributed by atoms with Crippen LogP contribution in [0.1, 0.15) is 34.7 Å². The fourth-order valence-electron chi connectivity index (χ4n) is 3.62. The standard InChI is InChI=1S/C20H25N3O5/c1-27-17-5-3-2-4-14(17)12-22-19(24)9-13-6-7-21-11-15(13)8-16-10-18(20(25)26)28-23-16/h2-5,10,13,15,21H,6-9,11-12H2,1H3,(H,22,24)(H,25,26)/t13-,15+/m1/s1.